The molecular weight excluding hydrogens is 243 g/mol. The highest BCUT2D eigenvalue weighted by Crippen LogP contribution is 2.37. The zero-order valence-corrected chi connectivity index (χ0v) is 9.69. The van der Waals surface area contributed by atoms with E-state index in [0.717, 1.165) is 35.7 Å². The molecule has 1 saturated carbocycles. The van der Waals surface area contributed by atoms with Crippen LogP contribution in [0.2, 0.25) is 0 Å². The summed E-state index contributed by atoms with van der Waals surface area (Å²) < 4.78 is 15.2. The van der Waals surface area contributed by atoms with E-state index in [1.807, 2.05) is 24.3 Å². The van der Waals surface area contributed by atoms with E-state index in [9.17, 15) is 4.39 Å². The van der Waals surface area contributed by atoms with Crippen molar-refractivity contribution in [1.29, 1.82) is 0 Å². The average Bonchev–Trinajstić information content (AvgIpc) is 2.57. The lowest BCUT2D eigenvalue weighted by Gasteiger charge is -2.19. The molecule has 0 unspecified atom stereocenters. The van der Waals surface area contributed by atoms with Crippen molar-refractivity contribution in [3.63, 3.8) is 0 Å². The molecule has 2 rings (SSSR count). The summed E-state index contributed by atoms with van der Waals surface area (Å²) in [4.78, 5) is 0. The molecule has 0 bridgehead atoms. The third kappa shape index (κ3) is 2.17. The Balaban J connectivity index is 2.14. The van der Waals surface area contributed by atoms with Crippen LogP contribution >= 0.6 is 15.9 Å². The zero-order chi connectivity index (χ0) is 10.0. The van der Waals surface area contributed by atoms with Gasteiger partial charge in [0.15, 0.2) is 0 Å². The Kier molecular flexibility index (Phi) is 2.91. The summed E-state index contributed by atoms with van der Waals surface area (Å²) in [6, 6.07) is 7.92. The Morgan fingerprint density at radius 3 is 2.50 bits per heavy atom. The van der Waals surface area contributed by atoms with Gasteiger partial charge in [0.1, 0.15) is 5.67 Å². The summed E-state index contributed by atoms with van der Waals surface area (Å²) in [5.74, 6) is 0. The highest BCUT2D eigenvalue weighted by Gasteiger charge is 2.33. The van der Waals surface area contributed by atoms with E-state index in [1.165, 1.54) is 0 Å². The van der Waals surface area contributed by atoms with Gasteiger partial charge in [-0.2, -0.15) is 0 Å². The molecule has 0 N–H and O–H groups in total. The lowest BCUT2D eigenvalue weighted by Crippen LogP contribution is -2.21. The van der Waals surface area contributed by atoms with E-state index in [1.54, 1.807) is 0 Å². The molecular formula is C12H14BrF. The van der Waals surface area contributed by atoms with Crippen LogP contribution < -0.4 is 0 Å². The lowest BCUT2D eigenvalue weighted by molar-refractivity contribution is 0.172. The van der Waals surface area contributed by atoms with E-state index < -0.39 is 5.67 Å². The van der Waals surface area contributed by atoms with Crippen LogP contribution in [0.1, 0.15) is 31.2 Å². The Labute approximate surface area is 92.6 Å². The van der Waals surface area contributed by atoms with E-state index >= 15 is 0 Å². The van der Waals surface area contributed by atoms with Gasteiger partial charge in [-0.3, -0.25) is 0 Å². The largest absolute Gasteiger partial charge is 0.244 e. The molecule has 0 aromatic heterocycles. The molecule has 0 amide bonds. The molecule has 1 aromatic carbocycles. The molecule has 1 aliphatic carbocycles. The van der Waals surface area contributed by atoms with Gasteiger partial charge in [0, 0.05) is 10.9 Å². The molecule has 0 saturated heterocycles. The van der Waals surface area contributed by atoms with Crippen LogP contribution in [-0.2, 0) is 6.42 Å². The second-order valence-corrected chi connectivity index (χ2v) is 4.98. The quantitative estimate of drug-likeness (QED) is 0.742. The Hall–Kier alpha value is -0.370. The SMILES string of the molecule is FC1(Cc2ccccc2Br)CCCC1. The maximum absolute atomic E-state index is 14.2. The molecule has 2 heteroatoms. The molecule has 1 aliphatic rings. The molecule has 0 spiro atoms. The smallest absolute Gasteiger partial charge is 0.115 e. The molecule has 1 fully saturated rings. The minimum atomic E-state index is -0.941. The van der Waals surface area contributed by atoms with E-state index in [4.69, 9.17) is 0 Å². The first-order chi connectivity index (χ1) is 6.70. The van der Waals surface area contributed by atoms with E-state index in [0.29, 0.717) is 6.42 Å². The van der Waals surface area contributed by atoms with Crippen molar-refractivity contribution < 1.29 is 4.39 Å². The molecule has 76 valence electrons. The first-order valence-corrected chi connectivity index (χ1v) is 5.91. The van der Waals surface area contributed by atoms with Gasteiger partial charge in [0.2, 0.25) is 0 Å². The molecule has 0 atom stereocenters. The molecule has 0 heterocycles. The fourth-order valence-corrected chi connectivity index (χ4v) is 2.59. The van der Waals surface area contributed by atoms with Crippen LogP contribution in [0.3, 0.4) is 0 Å². The fourth-order valence-electron chi connectivity index (χ4n) is 2.17. The highest BCUT2D eigenvalue weighted by atomic mass is 79.9. The van der Waals surface area contributed by atoms with Crippen molar-refractivity contribution in [2.75, 3.05) is 0 Å². The molecule has 1 aromatic rings. The third-order valence-electron chi connectivity index (χ3n) is 2.96. The average molecular weight is 257 g/mol. The van der Waals surface area contributed by atoms with Gasteiger partial charge in [-0.1, -0.05) is 47.0 Å². The van der Waals surface area contributed by atoms with Crippen LogP contribution in [0.4, 0.5) is 4.39 Å². The van der Waals surface area contributed by atoms with Gasteiger partial charge in [0.05, 0.1) is 0 Å². The first-order valence-electron chi connectivity index (χ1n) is 5.12. The predicted octanol–water partition coefficient (Wildman–Crippen LogP) is 4.27. The molecule has 0 nitrogen and oxygen atoms in total. The second kappa shape index (κ2) is 4.01. The zero-order valence-electron chi connectivity index (χ0n) is 8.10. The maximum Gasteiger partial charge on any atom is 0.115 e. The Bertz CT molecular complexity index is 316. The number of benzene rings is 1. The number of hydrogen-bond acceptors (Lipinski definition) is 0. The monoisotopic (exact) mass is 256 g/mol. The number of alkyl halides is 1. The van der Waals surface area contributed by atoms with Gasteiger partial charge >= 0.3 is 0 Å². The van der Waals surface area contributed by atoms with Crippen molar-refractivity contribution in [3.05, 3.63) is 34.3 Å². The van der Waals surface area contributed by atoms with Crippen LogP contribution in [0.15, 0.2) is 28.7 Å². The summed E-state index contributed by atoms with van der Waals surface area (Å²) in [7, 11) is 0. The highest BCUT2D eigenvalue weighted by molar-refractivity contribution is 9.10. The fraction of sp³-hybridized carbons (Fsp3) is 0.500. The van der Waals surface area contributed by atoms with Crippen molar-refractivity contribution >= 4 is 15.9 Å². The molecule has 0 aliphatic heterocycles. The number of halogens is 2. The Morgan fingerprint density at radius 2 is 1.86 bits per heavy atom. The van der Waals surface area contributed by atoms with Crippen molar-refractivity contribution in [1.82, 2.24) is 0 Å². The number of hydrogen-bond donors (Lipinski definition) is 0. The van der Waals surface area contributed by atoms with Gasteiger partial charge in [0.25, 0.3) is 0 Å². The van der Waals surface area contributed by atoms with Crippen LogP contribution in [-0.4, -0.2) is 5.67 Å². The van der Waals surface area contributed by atoms with Gasteiger partial charge < -0.3 is 0 Å². The second-order valence-electron chi connectivity index (χ2n) is 4.13. The minimum Gasteiger partial charge on any atom is -0.244 e. The summed E-state index contributed by atoms with van der Waals surface area (Å²) >= 11 is 3.46. The normalized spacial score (nSPS) is 19.9. The first kappa shape index (κ1) is 10.2. The van der Waals surface area contributed by atoms with Gasteiger partial charge in [-0.15, -0.1) is 0 Å². The number of rotatable bonds is 2. The van der Waals surface area contributed by atoms with Gasteiger partial charge in [-0.05, 0) is 24.5 Å². The van der Waals surface area contributed by atoms with E-state index in [-0.39, 0.29) is 0 Å². The topological polar surface area (TPSA) is 0 Å². The van der Waals surface area contributed by atoms with Crippen LogP contribution in [0, 0.1) is 0 Å². The van der Waals surface area contributed by atoms with E-state index in [2.05, 4.69) is 15.9 Å². The summed E-state index contributed by atoms with van der Waals surface area (Å²) in [5.41, 5.74) is 0.154. The predicted molar refractivity (Wildman–Crippen MR) is 60.2 cm³/mol. The summed E-state index contributed by atoms with van der Waals surface area (Å²) in [5, 5.41) is 0. The minimum absolute atomic E-state index is 0.564. The van der Waals surface area contributed by atoms with Crippen molar-refractivity contribution in [3.8, 4) is 0 Å². The third-order valence-corrected chi connectivity index (χ3v) is 3.74. The molecule has 14 heavy (non-hydrogen) atoms. The Morgan fingerprint density at radius 1 is 1.21 bits per heavy atom. The summed E-state index contributed by atoms with van der Waals surface area (Å²) in [6.07, 6.45) is 4.11. The lowest BCUT2D eigenvalue weighted by atomic mass is 9.95. The van der Waals surface area contributed by atoms with Crippen LogP contribution in [0.25, 0.3) is 0 Å². The van der Waals surface area contributed by atoms with Crippen LogP contribution in [0.5, 0.6) is 0 Å². The van der Waals surface area contributed by atoms with Crippen molar-refractivity contribution in [2.45, 2.75) is 37.8 Å². The summed E-state index contributed by atoms with van der Waals surface area (Å²) in [6.45, 7) is 0. The van der Waals surface area contributed by atoms with Gasteiger partial charge in [-0.25, -0.2) is 4.39 Å². The standard InChI is InChI=1S/C12H14BrF/c13-11-6-2-1-5-10(11)9-12(14)7-3-4-8-12/h1-2,5-6H,3-4,7-9H2. The molecule has 0 radical (unpaired) electrons. The van der Waals surface area contributed by atoms with Crippen molar-refractivity contribution in [2.24, 2.45) is 0 Å². The maximum atomic E-state index is 14.2.